The monoisotopic (exact) mass is 285 g/mol. The Hall–Kier alpha value is -2.17. The van der Waals surface area contributed by atoms with E-state index >= 15 is 0 Å². The van der Waals surface area contributed by atoms with Gasteiger partial charge in [0.2, 0.25) is 0 Å². The average molecular weight is 285 g/mol. The van der Waals surface area contributed by atoms with E-state index in [1.807, 2.05) is 36.4 Å². The van der Waals surface area contributed by atoms with Gasteiger partial charge in [0.15, 0.2) is 0 Å². The molecule has 0 spiro atoms. The third kappa shape index (κ3) is 3.90. The van der Waals surface area contributed by atoms with Gasteiger partial charge in [0, 0.05) is 12.1 Å². The third-order valence-electron chi connectivity index (χ3n) is 3.34. The Labute approximate surface area is 124 Å². The van der Waals surface area contributed by atoms with Crippen molar-refractivity contribution in [1.82, 2.24) is 4.90 Å². The van der Waals surface area contributed by atoms with Crippen molar-refractivity contribution in [3.05, 3.63) is 71.8 Å². The average Bonchev–Trinajstić information content (AvgIpc) is 2.56. The molecule has 0 bridgehead atoms. The summed E-state index contributed by atoms with van der Waals surface area (Å²) in [6.07, 6.45) is 0. The van der Waals surface area contributed by atoms with Gasteiger partial charge in [-0.1, -0.05) is 48.5 Å². The van der Waals surface area contributed by atoms with Crippen LogP contribution in [0.3, 0.4) is 0 Å². The van der Waals surface area contributed by atoms with Crippen LogP contribution in [-0.2, 0) is 6.54 Å². The fraction of sp³-hybridized carbons (Fsp3) is 0.235. The van der Waals surface area contributed by atoms with Crippen LogP contribution in [-0.4, -0.2) is 40.3 Å². The summed E-state index contributed by atoms with van der Waals surface area (Å²) in [7, 11) is 0. The molecule has 0 fully saturated rings. The molecule has 4 heteroatoms. The summed E-state index contributed by atoms with van der Waals surface area (Å²) in [6, 6.07) is 17.8. The second-order valence-corrected chi connectivity index (χ2v) is 4.80. The van der Waals surface area contributed by atoms with Crippen molar-refractivity contribution in [1.29, 1.82) is 0 Å². The lowest BCUT2D eigenvalue weighted by Gasteiger charge is -2.29. The van der Waals surface area contributed by atoms with Crippen molar-refractivity contribution in [3.8, 4) is 0 Å². The van der Waals surface area contributed by atoms with Crippen LogP contribution in [0.1, 0.15) is 15.9 Å². The van der Waals surface area contributed by atoms with Crippen molar-refractivity contribution < 1.29 is 15.0 Å². The Morgan fingerprint density at radius 2 is 1.43 bits per heavy atom. The van der Waals surface area contributed by atoms with Crippen LogP contribution in [0, 0.1) is 0 Å². The maximum Gasteiger partial charge on any atom is 0.254 e. The largest absolute Gasteiger partial charge is 0.394 e. The van der Waals surface area contributed by atoms with Crippen LogP contribution in [0.4, 0.5) is 0 Å². The van der Waals surface area contributed by atoms with Gasteiger partial charge in [-0.25, -0.2) is 0 Å². The molecule has 0 radical (unpaired) electrons. The Balaban J connectivity index is 2.26. The zero-order valence-electron chi connectivity index (χ0n) is 11.7. The third-order valence-corrected chi connectivity index (χ3v) is 3.34. The SMILES string of the molecule is O=C(c1ccccc1)N(Cc1ccccc1)C(CO)CO. The molecule has 0 heterocycles. The number of aliphatic hydroxyl groups excluding tert-OH is 2. The summed E-state index contributed by atoms with van der Waals surface area (Å²) in [5, 5.41) is 18.8. The first kappa shape index (κ1) is 15.2. The van der Waals surface area contributed by atoms with E-state index in [-0.39, 0.29) is 19.1 Å². The minimum absolute atomic E-state index is 0.201. The molecule has 21 heavy (non-hydrogen) atoms. The predicted octanol–water partition coefficient (Wildman–Crippen LogP) is 1.68. The van der Waals surface area contributed by atoms with Crippen molar-refractivity contribution in [2.24, 2.45) is 0 Å². The second-order valence-electron chi connectivity index (χ2n) is 4.80. The lowest BCUT2D eigenvalue weighted by atomic mass is 10.1. The van der Waals surface area contributed by atoms with E-state index in [1.165, 1.54) is 4.90 Å². The van der Waals surface area contributed by atoms with Crippen molar-refractivity contribution in [3.63, 3.8) is 0 Å². The molecule has 2 aromatic carbocycles. The second kappa shape index (κ2) is 7.57. The number of rotatable bonds is 6. The molecule has 0 aliphatic carbocycles. The van der Waals surface area contributed by atoms with E-state index in [0.717, 1.165) is 5.56 Å². The van der Waals surface area contributed by atoms with Gasteiger partial charge in [-0.2, -0.15) is 0 Å². The minimum Gasteiger partial charge on any atom is -0.394 e. The molecule has 0 aliphatic rings. The van der Waals surface area contributed by atoms with E-state index in [2.05, 4.69) is 0 Å². The summed E-state index contributed by atoms with van der Waals surface area (Å²) in [5.41, 5.74) is 1.49. The summed E-state index contributed by atoms with van der Waals surface area (Å²) in [4.78, 5) is 14.1. The lowest BCUT2D eigenvalue weighted by molar-refractivity contribution is 0.0435. The smallest absolute Gasteiger partial charge is 0.254 e. The zero-order valence-corrected chi connectivity index (χ0v) is 11.7. The molecule has 0 atom stereocenters. The molecule has 0 saturated heterocycles. The van der Waals surface area contributed by atoms with Crippen molar-refractivity contribution in [2.75, 3.05) is 13.2 Å². The highest BCUT2D eigenvalue weighted by Gasteiger charge is 2.23. The maximum absolute atomic E-state index is 12.6. The number of carbonyl (C=O) groups excluding carboxylic acids is 1. The molecule has 1 amide bonds. The van der Waals surface area contributed by atoms with E-state index in [4.69, 9.17) is 0 Å². The molecule has 0 saturated carbocycles. The summed E-state index contributed by atoms with van der Waals surface area (Å²) >= 11 is 0. The Morgan fingerprint density at radius 3 is 1.95 bits per heavy atom. The number of nitrogens with zero attached hydrogens (tertiary/aromatic N) is 1. The normalized spacial score (nSPS) is 10.6. The van der Waals surface area contributed by atoms with E-state index in [0.29, 0.717) is 12.1 Å². The van der Waals surface area contributed by atoms with Crippen LogP contribution >= 0.6 is 0 Å². The predicted molar refractivity (Wildman–Crippen MR) is 80.7 cm³/mol. The molecule has 4 nitrogen and oxygen atoms in total. The summed E-state index contributed by atoms with van der Waals surface area (Å²) < 4.78 is 0. The molecule has 2 aromatic rings. The number of hydrogen-bond acceptors (Lipinski definition) is 3. The molecule has 0 aromatic heterocycles. The first-order valence-corrected chi connectivity index (χ1v) is 6.88. The molecule has 0 aliphatic heterocycles. The summed E-state index contributed by atoms with van der Waals surface area (Å²) in [5.74, 6) is -0.201. The molecule has 0 unspecified atom stereocenters. The molecule has 110 valence electrons. The number of hydrogen-bond donors (Lipinski definition) is 2. The van der Waals surface area contributed by atoms with Gasteiger partial charge in [0.25, 0.3) is 5.91 Å². The van der Waals surface area contributed by atoms with E-state index < -0.39 is 6.04 Å². The molecule has 2 N–H and O–H groups in total. The number of benzene rings is 2. The molecule has 2 rings (SSSR count). The topological polar surface area (TPSA) is 60.8 Å². The minimum atomic E-state index is -0.613. The quantitative estimate of drug-likeness (QED) is 0.849. The molecular formula is C17H19NO3. The van der Waals surface area contributed by atoms with Crippen molar-refractivity contribution >= 4 is 5.91 Å². The van der Waals surface area contributed by atoms with Crippen LogP contribution in [0.2, 0.25) is 0 Å². The van der Waals surface area contributed by atoms with Gasteiger partial charge in [0.1, 0.15) is 0 Å². The first-order chi connectivity index (χ1) is 10.3. The standard InChI is InChI=1S/C17H19NO3/c19-12-16(13-20)18(11-14-7-3-1-4-8-14)17(21)15-9-5-2-6-10-15/h1-10,16,19-20H,11-13H2. The Bertz CT molecular complexity index is 553. The highest BCUT2D eigenvalue weighted by atomic mass is 16.3. The van der Waals surface area contributed by atoms with Gasteiger partial charge in [-0.15, -0.1) is 0 Å². The summed E-state index contributed by atoms with van der Waals surface area (Å²) in [6.45, 7) is -0.204. The Morgan fingerprint density at radius 1 is 0.905 bits per heavy atom. The highest BCUT2D eigenvalue weighted by Crippen LogP contribution is 2.13. The number of carbonyl (C=O) groups is 1. The van der Waals surface area contributed by atoms with E-state index in [9.17, 15) is 15.0 Å². The lowest BCUT2D eigenvalue weighted by Crippen LogP contribution is -2.44. The highest BCUT2D eigenvalue weighted by molar-refractivity contribution is 5.94. The van der Waals surface area contributed by atoms with Crippen LogP contribution in [0.25, 0.3) is 0 Å². The number of aliphatic hydroxyl groups is 2. The van der Waals surface area contributed by atoms with Gasteiger partial charge in [0.05, 0.1) is 19.3 Å². The van der Waals surface area contributed by atoms with Gasteiger partial charge in [-0.05, 0) is 17.7 Å². The van der Waals surface area contributed by atoms with Crippen molar-refractivity contribution in [2.45, 2.75) is 12.6 Å². The fourth-order valence-corrected chi connectivity index (χ4v) is 2.15. The van der Waals surface area contributed by atoms with Gasteiger partial charge < -0.3 is 15.1 Å². The first-order valence-electron chi connectivity index (χ1n) is 6.88. The maximum atomic E-state index is 12.6. The van der Waals surface area contributed by atoms with Crippen LogP contribution < -0.4 is 0 Å². The van der Waals surface area contributed by atoms with Gasteiger partial charge >= 0.3 is 0 Å². The molecular weight excluding hydrogens is 266 g/mol. The van der Waals surface area contributed by atoms with Crippen LogP contribution in [0.5, 0.6) is 0 Å². The zero-order chi connectivity index (χ0) is 15.1. The van der Waals surface area contributed by atoms with E-state index in [1.54, 1.807) is 24.3 Å². The van der Waals surface area contributed by atoms with Crippen LogP contribution in [0.15, 0.2) is 60.7 Å². The Kier molecular flexibility index (Phi) is 5.49. The number of amides is 1. The fourth-order valence-electron chi connectivity index (χ4n) is 2.15. The van der Waals surface area contributed by atoms with Gasteiger partial charge in [-0.3, -0.25) is 4.79 Å².